The number of H-pyrrole nitrogens is 1. The van der Waals surface area contributed by atoms with Gasteiger partial charge in [0.1, 0.15) is 6.10 Å². The molecular weight excluding hydrogens is 338 g/mol. The highest BCUT2D eigenvalue weighted by molar-refractivity contribution is 5.83. The van der Waals surface area contributed by atoms with Crippen LogP contribution >= 0.6 is 0 Å². The van der Waals surface area contributed by atoms with Gasteiger partial charge in [0.15, 0.2) is 0 Å². The second-order valence-corrected chi connectivity index (χ2v) is 8.51. The van der Waals surface area contributed by atoms with Crippen molar-refractivity contribution in [2.45, 2.75) is 57.8 Å². The maximum atomic E-state index is 12.1. The molecule has 2 fully saturated rings. The molecule has 0 saturated carbocycles. The van der Waals surface area contributed by atoms with Gasteiger partial charge in [-0.05, 0) is 43.7 Å². The number of hydrogen-bond acceptors (Lipinski definition) is 3. The van der Waals surface area contributed by atoms with Crippen LogP contribution in [0.3, 0.4) is 0 Å². The SMILES string of the molecule is CC1OC2(CCN(CCc3c[nH]c4ccccc34)CC2)C(C(C)C)NC1=O. The van der Waals surface area contributed by atoms with E-state index < -0.39 is 0 Å². The molecule has 0 aliphatic carbocycles. The molecule has 1 aromatic heterocycles. The van der Waals surface area contributed by atoms with E-state index >= 15 is 0 Å². The van der Waals surface area contributed by atoms with Gasteiger partial charge in [-0.2, -0.15) is 0 Å². The Morgan fingerprint density at radius 1 is 1.26 bits per heavy atom. The van der Waals surface area contributed by atoms with Crippen LogP contribution in [-0.4, -0.2) is 53.2 Å². The fourth-order valence-electron chi connectivity index (χ4n) is 4.86. The van der Waals surface area contributed by atoms with Crippen LogP contribution in [0.2, 0.25) is 0 Å². The van der Waals surface area contributed by atoms with Crippen molar-refractivity contribution in [2.24, 2.45) is 5.92 Å². The van der Waals surface area contributed by atoms with Gasteiger partial charge < -0.3 is 19.9 Å². The van der Waals surface area contributed by atoms with Crippen molar-refractivity contribution >= 4 is 16.8 Å². The number of para-hydroxylation sites is 1. The third-order valence-corrected chi connectivity index (χ3v) is 6.39. The van der Waals surface area contributed by atoms with Crippen LogP contribution in [-0.2, 0) is 16.0 Å². The number of carbonyl (C=O) groups is 1. The van der Waals surface area contributed by atoms with E-state index in [1.807, 2.05) is 6.92 Å². The Balaban J connectivity index is 1.38. The molecule has 3 heterocycles. The van der Waals surface area contributed by atoms with Crippen molar-refractivity contribution < 1.29 is 9.53 Å². The van der Waals surface area contributed by atoms with E-state index in [-0.39, 0.29) is 23.7 Å². The van der Waals surface area contributed by atoms with Gasteiger partial charge in [0.05, 0.1) is 11.6 Å². The maximum Gasteiger partial charge on any atom is 0.249 e. The smallest absolute Gasteiger partial charge is 0.249 e. The Morgan fingerprint density at radius 3 is 2.74 bits per heavy atom. The average molecular weight is 370 g/mol. The summed E-state index contributed by atoms with van der Waals surface area (Å²) in [5.41, 5.74) is 2.39. The molecular formula is C22H31N3O2. The zero-order chi connectivity index (χ0) is 19.0. The Kier molecular flexibility index (Phi) is 4.99. The molecule has 4 rings (SSSR count). The average Bonchev–Trinajstić information content (AvgIpc) is 3.07. The van der Waals surface area contributed by atoms with Crippen LogP contribution in [0.15, 0.2) is 30.5 Å². The van der Waals surface area contributed by atoms with Gasteiger partial charge in [-0.1, -0.05) is 32.0 Å². The summed E-state index contributed by atoms with van der Waals surface area (Å²) in [6.07, 6.45) is 4.81. The molecule has 2 saturated heterocycles. The standard InChI is InChI=1S/C22H31N3O2/c1-15(2)20-22(27-16(3)21(26)24-20)9-12-25(13-10-22)11-8-17-14-23-19-7-5-4-6-18(17)19/h4-7,14-16,20,23H,8-13H2,1-3H3,(H,24,26). The fraction of sp³-hybridized carbons (Fsp3) is 0.591. The summed E-state index contributed by atoms with van der Waals surface area (Å²) < 4.78 is 6.31. The number of ether oxygens (including phenoxy) is 1. The molecule has 1 aromatic carbocycles. The summed E-state index contributed by atoms with van der Waals surface area (Å²) in [4.78, 5) is 18.0. The second-order valence-electron chi connectivity index (χ2n) is 8.51. The second kappa shape index (κ2) is 7.28. The number of morpholine rings is 1. The lowest BCUT2D eigenvalue weighted by molar-refractivity contribution is -0.184. The topological polar surface area (TPSA) is 57.4 Å². The summed E-state index contributed by atoms with van der Waals surface area (Å²) in [5, 5.41) is 4.56. The fourth-order valence-corrected chi connectivity index (χ4v) is 4.86. The summed E-state index contributed by atoms with van der Waals surface area (Å²) in [5.74, 6) is 0.403. The number of amides is 1. The molecule has 5 heteroatoms. The Bertz CT molecular complexity index is 805. The van der Waals surface area contributed by atoms with Crippen LogP contribution in [0.1, 0.15) is 39.2 Å². The lowest BCUT2D eigenvalue weighted by Crippen LogP contribution is -2.67. The van der Waals surface area contributed by atoms with E-state index in [0.717, 1.165) is 38.9 Å². The predicted octanol–water partition coefficient (Wildman–Crippen LogP) is 3.10. The first-order chi connectivity index (χ1) is 13.0. The van der Waals surface area contributed by atoms with E-state index in [2.05, 4.69) is 59.5 Å². The van der Waals surface area contributed by atoms with Crippen molar-refractivity contribution in [1.82, 2.24) is 15.2 Å². The van der Waals surface area contributed by atoms with Gasteiger partial charge >= 0.3 is 0 Å². The predicted molar refractivity (Wildman–Crippen MR) is 108 cm³/mol. The monoisotopic (exact) mass is 369 g/mol. The van der Waals surface area contributed by atoms with Crippen LogP contribution in [0.5, 0.6) is 0 Å². The first-order valence-electron chi connectivity index (χ1n) is 10.2. The number of hydrogen-bond donors (Lipinski definition) is 2. The van der Waals surface area contributed by atoms with Crippen molar-refractivity contribution in [3.05, 3.63) is 36.0 Å². The van der Waals surface area contributed by atoms with E-state index in [1.165, 1.54) is 16.5 Å². The molecule has 2 atom stereocenters. The quantitative estimate of drug-likeness (QED) is 0.871. The zero-order valence-electron chi connectivity index (χ0n) is 16.6. The van der Waals surface area contributed by atoms with Gasteiger partial charge in [-0.3, -0.25) is 4.79 Å². The van der Waals surface area contributed by atoms with E-state index in [9.17, 15) is 4.79 Å². The highest BCUT2D eigenvalue weighted by atomic mass is 16.5. The molecule has 0 radical (unpaired) electrons. The number of fused-ring (bicyclic) bond motifs is 1. The van der Waals surface area contributed by atoms with Gasteiger partial charge in [0.25, 0.3) is 0 Å². The summed E-state index contributed by atoms with van der Waals surface area (Å²) >= 11 is 0. The number of aromatic nitrogens is 1. The molecule has 2 unspecified atom stereocenters. The van der Waals surface area contributed by atoms with E-state index in [1.54, 1.807) is 0 Å². The van der Waals surface area contributed by atoms with Crippen molar-refractivity contribution in [3.8, 4) is 0 Å². The number of aromatic amines is 1. The van der Waals surface area contributed by atoms with Crippen LogP contribution in [0.25, 0.3) is 10.9 Å². The molecule has 27 heavy (non-hydrogen) atoms. The molecule has 1 spiro atoms. The van der Waals surface area contributed by atoms with Crippen molar-refractivity contribution in [1.29, 1.82) is 0 Å². The molecule has 2 aliphatic rings. The third kappa shape index (κ3) is 3.50. The summed E-state index contributed by atoms with van der Waals surface area (Å²) in [6, 6.07) is 8.61. The molecule has 0 bridgehead atoms. The van der Waals surface area contributed by atoms with E-state index in [4.69, 9.17) is 4.74 Å². The molecule has 2 aromatic rings. The number of carbonyl (C=O) groups excluding carboxylic acids is 1. The third-order valence-electron chi connectivity index (χ3n) is 6.39. The van der Waals surface area contributed by atoms with Gasteiger partial charge in [-0.25, -0.2) is 0 Å². The Morgan fingerprint density at radius 2 is 2.00 bits per heavy atom. The van der Waals surface area contributed by atoms with Crippen molar-refractivity contribution in [3.63, 3.8) is 0 Å². The molecule has 5 nitrogen and oxygen atoms in total. The van der Waals surface area contributed by atoms with Crippen LogP contribution in [0, 0.1) is 5.92 Å². The zero-order valence-corrected chi connectivity index (χ0v) is 16.6. The molecule has 2 N–H and O–H groups in total. The number of likely N-dealkylation sites (tertiary alicyclic amines) is 1. The Labute approximate surface area is 161 Å². The number of nitrogens with zero attached hydrogens (tertiary/aromatic N) is 1. The maximum absolute atomic E-state index is 12.1. The first-order valence-corrected chi connectivity index (χ1v) is 10.2. The number of benzene rings is 1. The van der Waals surface area contributed by atoms with Gasteiger partial charge in [0, 0.05) is 36.7 Å². The largest absolute Gasteiger partial charge is 0.361 e. The van der Waals surface area contributed by atoms with Gasteiger partial charge in [-0.15, -0.1) is 0 Å². The first kappa shape index (κ1) is 18.5. The minimum Gasteiger partial charge on any atom is -0.361 e. The number of nitrogens with one attached hydrogen (secondary N) is 2. The minimum absolute atomic E-state index is 0.0288. The summed E-state index contributed by atoms with van der Waals surface area (Å²) in [6.45, 7) is 9.33. The highest BCUT2D eigenvalue weighted by Crippen LogP contribution is 2.37. The Hall–Kier alpha value is -1.85. The molecule has 1 amide bonds. The van der Waals surface area contributed by atoms with Crippen molar-refractivity contribution in [2.75, 3.05) is 19.6 Å². The molecule has 146 valence electrons. The lowest BCUT2D eigenvalue weighted by atomic mass is 9.77. The number of piperidine rings is 1. The normalized spacial score (nSPS) is 26.0. The molecule has 2 aliphatic heterocycles. The van der Waals surface area contributed by atoms with Crippen LogP contribution < -0.4 is 5.32 Å². The summed E-state index contributed by atoms with van der Waals surface area (Å²) in [7, 11) is 0. The van der Waals surface area contributed by atoms with Gasteiger partial charge in [0.2, 0.25) is 5.91 Å². The lowest BCUT2D eigenvalue weighted by Gasteiger charge is -2.51. The van der Waals surface area contributed by atoms with E-state index in [0.29, 0.717) is 5.92 Å². The minimum atomic E-state index is -0.349. The highest BCUT2D eigenvalue weighted by Gasteiger charge is 2.49. The number of rotatable bonds is 4. The van der Waals surface area contributed by atoms with Crippen LogP contribution in [0.4, 0.5) is 0 Å².